The molecule has 4 aromatic heterocycles. The fourth-order valence-corrected chi connectivity index (χ4v) is 9.54. The van der Waals surface area contributed by atoms with E-state index in [0.29, 0.717) is 0 Å². The first kappa shape index (κ1) is 28.0. The van der Waals surface area contributed by atoms with Crippen LogP contribution < -0.4 is 0 Å². The van der Waals surface area contributed by atoms with E-state index in [-0.39, 0.29) is 10.8 Å². The maximum absolute atomic E-state index is 7.28. The molecular weight excluding hydrogens is 627 g/mol. The monoisotopic (exact) mass is 661 g/mol. The second kappa shape index (κ2) is 8.76. The Morgan fingerprint density at radius 1 is 0.412 bits per heavy atom. The Balaban J connectivity index is 1.51. The highest BCUT2D eigenvalue weighted by atomic mass is 16.3. The maximum Gasteiger partial charge on any atom is 0.144 e. The summed E-state index contributed by atoms with van der Waals surface area (Å²) in [4.78, 5) is 0. The van der Waals surface area contributed by atoms with Crippen LogP contribution in [0, 0.1) is 0 Å². The van der Waals surface area contributed by atoms with Crippen LogP contribution in [0.1, 0.15) is 58.2 Å². The summed E-state index contributed by atoms with van der Waals surface area (Å²) < 4.78 is 24.3. The summed E-state index contributed by atoms with van der Waals surface area (Å²) >= 11 is 0. The first-order valence-electron chi connectivity index (χ1n) is 18.1. The molecule has 0 saturated carbocycles. The van der Waals surface area contributed by atoms with E-state index in [9.17, 15) is 0 Å². The Labute approximate surface area is 292 Å². The number of fused-ring (bicyclic) bond motifs is 6. The van der Waals surface area contributed by atoms with Crippen molar-refractivity contribution in [1.82, 2.24) is 4.57 Å². The van der Waals surface area contributed by atoms with Crippen molar-refractivity contribution in [2.24, 2.45) is 0 Å². The minimum atomic E-state index is -0.179. The van der Waals surface area contributed by atoms with Crippen LogP contribution in [0.2, 0.25) is 0 Å². The molecule has 0 amide bonds. The third-order valence-corrected chi connectivity index (χ3v) is 11.8. The molecule has 8 aromatic carbocycles. The van der Waals surface area contributed by atoms with E-state index in [4.69, 9.17) is 13.3 Å². The van der Waals surface area contributed by atoms with Gasteiger partial charge in [-0.1, -0.05) is 120 Å². The predicted octanol–water partition coefficient (Wildman–Crippen LogP) is 13.8. The molecule has 4 heteroatoms. The van der Waals surface area contributed by atoms with Gasteiger partial charge < -0.3 is 17.8 Å². The largest absolute Gasteiger partial charge is 0.455 e. The molecule has 0 aliphatic heterocycles. The van der Waals surface area contributed by atoms with Crippen LogP contribution in [-0.4, -0.2) is 4.57 Å². The molecule has 12 rings (SSSR count). The highest BCUT2D eigenvalue weighted by Crippen LogP contribution is 2.57. The lowest BCUT2D eigenvalue weighted by molar-refractivity contribution is 0.573. The molecule has 4 nitrogen and oxygen atoms in total. The van der Waals surface area contributed by atoms with Crippen LogP contribution >= 0.6 is 0 Å². The number of hydrogen-bond donors (Lipinski definition) is 0. The maximum atomic E-state index is 7.28. The molecule has 0 aliphatic rings. The second-order valence-corrected chi connectivity index (χ2v) is 16.8. The van der Waals surface area contributed by atoms with Crippen molar-refractivity contribution in [3.8, 4) is 0 Å². The van der Waals surface area contributed by atoms with Gasteiger partial charge in [-0.05, 0) is 28.5 Å². The summed E-state index contributed by atoms with van der Waals surface area (Å²) in [7, 11) is 0. The molecule has 4 heterocycles. The highest BCUT2D eigenvalue weighted by Gasteiger charge is 2.35. The number of rotatable bonds is 2. The van der Waals surface area contributed by atoms with Crippen molar-refractivity contribution in [2.45, 2.75) is 58.9 Å². The molecule has 0 radical (unpaired) electrons. The zero-order valence-electron chi connectivity index (χ0n) is 29.5. The third-order valence-electron chi connectivity index (χ3n) is 11.8. The molecule has 0 bridgehead atoms. The van der Waals surface area contributed by atoms with Gasteiger partial charge in [-0.15, -0.1) is 0 Å². The Kier molecular flexibility index (Phi) is 4.81. The van der Waals surface area contributed by atoms with E-state index in [0.717, 1.165) is 83.1 Å². The van der Waals surface area contributed by atoms with Gasteiger partial charge >= 0.3 is 0 Å². The van der Waals surface area contributed by atoms with Gasteiger partial charge in [0.1, 0.15) is 33.5 Å². The SMILES string of the molecule is CC(C)(C)c1cc2c3c4c1oc1c5ccccc5c5oc6c7ccccc7c7oc8c(C(C)(C)C)cc(c3c8c7c6c5c14)n2Cc1ccccc1. The van der Waals surface area contributed by atoms with E-state index in [1.54, 1.807) is 0 Å². The van der Waals surface area contributed by atoms with Crippen molar-refractivity contribution < 1.29 is 13.3 Å². The number of aromatic nitrogens is 1. The van der Waals surface area contributed by atoms with Crippen molar-refractivity contribution in [1.29, 1.82) is 0 Å². The molecule has 0 saturated heterocycles. The topological polar surface area (TPSA) is 44.4 Å². The smallest absolute Gasteiger partial charge is 0.144 e. The lowest BCUT2D eigenvalue weighted by Gasteiger charge is -2.20. The van der Waals surface area contributed by atoms with E-state index >= 15 is 0 Å². The van der Waals surface area contributed by atoms with Gasteiger partial charge in [0, 0.05) is 82.3 Å². The van der Waals surface area contributed by atoms with Gasteiger partial charge in [-0.2, -0.15) is 0 Å². The van der Waals surface area contributed by atoms with Crippen molar-refractivity contribution >= 4 is 109 Å². The van der Waals surface area contributed by atoms with Crippen molar-refractivity contribution in [3.63, 3.8) is 0 Å². The molecule has 0 atom stereocenters. The predicted molar refractivity (Wildman–Crippen MR) is 213 cm³/mol. The van der Waals surface area contributed by atoms with E-state index < -0.39 is 0 Å². The molecule has 0 fully saturated rings. The second-order valence-electron chi connectivity index (χ2n) is 16.8. The summed E-state index contributed by atoms with van der Waals surface area (Å²) in [6.07, 6.45) is 0. The summed E-state index contributed by atoms with van der Waals surface area (Å²) in [5, 5.41) is 13.6. The van der Waals surface area contributed by atoms with Gasteiger partial charge in [-0.3, -0.25) is 0 Å². The Morgan fingerprint density at radius 3 is 1.12 bits per heavy atom. The zero-order chi connectivity index (χ0) is 34.3. The van der Waals surface area contributed by atoms with Gasteiger partial charge in [0.05, 0.1) is 11.0 Å². The van der Waals surface area contributed by atoms with E-state index in [1.165, 1.54) is 49.3 Å². The number of benzene rings is 7. The van der Waals surface area contributed by atoms with E-state index in [1.807, 2.05) is 0 Å². The average Bonchev–Trinajstić information content (AvgIpc) is 3.86. The number of nitrogens with zero attached hydrogens (tertiary/aromatic N) is 1. The first-order valence-corrected chi connectivity index (χ1v) is 18.1. The summed E-state index contributed by atoms with van der Waals surface area (Å²) in [5.74, 6) is 0. The molecular formula is C47H35NO3. The summed E-state index contributed by atoms with van der Waals surface area (Å²) in [5.41, 5.74) is 11.4. The Hall–Kier alpha value is -5.74. The number of hydrogen-bond acceptors (Lipinski definition) is 3. The molecule has 0 aliphatic carbocycles. The normalized spacial score (nSPS) is 13.8. The Morgan fingerprint density at radius 2 is 0.745 bits per heavy atom. The average molecular weight is 662 g/mol. The lowest BCUT2D eigenvalue weighted by Crippen LogP contribution is -2.12. The van der Waals surface area contributed by atoms with Crippen molar-refractivity contribution in [3.05, 3.63) is 108 Å². The quantitative estimate of drug-likeness (QED) is 0.185. The minimum absolute atomic E-state index is 0.179. The molecule has 0 unspecified atom stereocenters. The van der Waals surface area contributed by atoms with Crippen LogP contribution in [0.5, 0.6) is 0 Å². The molecule has 0 spiro atoms. The van der Waals surface area contributed by atoms with E-state index in [2.05, 4.69) is 137 Å². The number of furan rings is 3. The van der Waals surface area contributed by atoms with Crippen LogP contribution in [0.4, 0.5) is 0 Å². The standard InChI is InChI=1S/C47H35NO3/c1-46(2,3)28-20-30-32-33-31(48(30)22-23-14-8-7-9-15-23)21-29(47(4,5)6)45-35(33)37-39-38-36-34(32)44(28)50-42(36)26-18-12-10-16-24(26)40(38)49-41(39)25-17-11-13-19-27(25)43(37)51-45/h7-21H,22H2,1-6H3. The molecule has 51 heavy (non-hydrogen) atoms. The molecule has 12 aromatic rings. The van der Waals surface area contributed by atoms with Crippen LogP contribution in [0.25, 0.3) is 109 Å². The van der Waals surface area contributed by atoms with Gasteiger partial charge in [0.15, 0.2) is 0 Å². The third kappa shape index (κ3) is 3.24. The Bertz CT molecular complexity index is 3180. The first-order chi connectivity index (χ1) is 24.6. The minimum Gasteiger partial charge on any atom is -0.455 e. The van der Waals surface area contributed by atoms with Crippen LogP contribution in [0.15, 0.2) is 104 Å². The summed E-state index contributed by atoms with van der Waals surface area (Å²) in [6, 6.07) is 32.9. The fourth-order valence-electron chi connectivity index (χ4n) is 9.54. The highest BCUT2D eigenvalue weighted by molar-refractivity contribution is 6.49. The van der Waals surface area contributed by atoms with Gasteiger partial charge in [-0.25, -0.2) is 0 Å². The lowest BCUT2D eigenvalue weighted by atomic mass is 9.82. The summed E-state index contributed by atoms with van der Waals surface area (Å²) in [6.45, 7) is 14.6. The molecule has 0 N–H and O–H groups in total. The van der Waals surface area contributed by atoms with Gasteiger partial charge in [0.2, 0.25) is 0 Å². The van der Waals surface area contributed by atoms with Crippen molar-refractivity contribution in [2.75, 3.05) is 0 Å². The molecule has 246 valence electrons. The van der Waals surface area contributed by atoms with Crippen LogP contribution in [0.3, 0.4) is 0 Å². The van der Waals surface area contributed by atoms with Gasteiger partial charge in [0.25, 0.3) is 0 Å². The fraction of sp³-hybridized carbons (Fsp3) is 0.191. The zero-order valence-corrected chi connectivity index (χ0v) is 29.5. The van der Waals surface area contributed by atoms with Crippen LogP contribution in [-0.2, 0) is 17.4 Å².